The standard InChI is InChI=1S/C11H8N2/c1-8(7-12)11-6-9-4-2-3-5-10(9)13-11/h2-6,13H,1H2. The first-order valence-corrected chi connectivity index (χ1v) is 3.98. The van der Waals surface area contributed by atoms with Crippen molar-refractivity contribution in [3.63, 3.8) is 0 Å². The van der Waals surface area contributed by atoms with Crippen LogP contribution in [0.15, 0.2) is 36.9 Å². The molecule has 0 fully saturated rings. The molecular weight excluding hydrogens is 160 g/mol. The number of para-hydroxylation sites is 1. The summed E-state index contributed by atoms with van der Waals surface area (Å²) in [7, 11) is 0. The van der Waals surface area contributed by atoms with Gasteiger partial charge >= 0.3 is 0 Å². The molecule has 0 bridgehead atoms. The Bertz CT molecular complexity index is 467. The molecule has 0 saturated carbocycles. The molecule has 0 unspecified atom stereocenters. The molecule has 0 atom stereocenters. The maximum Gasteiger partial charge on any atom is 0.101 e. The molecule has 2 rings (SSSR count). The van der Waals surface area contributed by atoms with Crippen molar-refractivity contribution < 1.29 is 0 Å². The molecule has 1 aromatic carbocycles. The Morgan fingerprint density at radius 2 is 2.15 bits per heavy atom. The van der Waals surface area contributed by atoms with Crippen LogP contribution in [0.25, 0.3) is 16.5 Å². The number of nitriles is 1. The van der Waals surface area contributed by atoms with E-state index in [1.807, 2.05) is 36.4 Å². The molecule has 0 aliphatic rings. The Kier molecular flexibility index (Phi) is 1.64. The number of allylic oxidation sites excluding steroid dienone is 1. The summed E-state index contributed by atoms with van der Waals surface area (Å²) in [5.41, 5.74) is 2.30. The first-order valence-electron chi connectivity index (χ1n) is 3.98. The van der Waals surface area contributed by atoms with E-state index < -0.39 is 0 Å². The third-order valence-corrected chi connectivity index (χ3v) is 1.99. The van der Waals surface area contributed by atoms with E-state index in [1.54, 1.807) is 0 Å². The fraction of sp³-hybridized carbons (Fsp3) is 0. The molecule has 2 nitrogen and oxygen atoms in total. The summed E-state index contributed by atoms with van der Waals surface area (Å²) in [6, 6.07) is 11.8. The van der Waals surface area contributed by atoms with Gasteiger partial charge in [0.25, 0.3) is 0 Å². The molecule has 0 aliphatic carbocycles. The number of nitrogens with one attached hydrogen (secondary N) is 1. The highest BCUT2D eigenvalue weighted by molar-refractivity contribution is 5.86. The van der Waals surface area contributed by atoms with Gasteiger partial charge in [0.1, 0.15) is 6.07 Å². The molecule has 0 amide bonds. The zero-order valence-corrected chi connectivity index (χ0v) is 7.04. The molecule has 1 N–H and O–H groups in total. The fourth-order valence-electron chi connectivity index (χ4n) is 1.30. The topological polar surface area (TPSA) is 39.6 Å². The quantitative estimate of drug-likeness (QED) is 0.653. The van der Waals surface area contributed by atoms with Gasteiger partial charge in [0, 0.05) is 10.9 Å². The number of nitrogens with zero attached hydrogens (tertiary/aromatic N) is 1. The first-order chi connectivity index (χ1) is 6.31. The van der Waals surface area contributed by atoms with Crippen LogP contribution in [0.5, 0.6) is 0 Å². The van der Waals surface area contributed by atoms with Crippen molar-refractivity contribution in [2.24, 2.45) is 0 Å². The van der Waals surface area contributed by atoms with Gasteiger partial charge in [-0.3, -0.25) is 0 Å². The number of rotatable bonds is 1. The lowest BCUT2D eigenvalue weighted by atomic mass is 10.2. The predicted octanol–water partition coefficient (Wildman–Crippen LogP) is 2.70. The van der Waals surface area contributed by atoms with Crippen LogP contribution in [-0.4, -0.2) is 4.98 Å². The Labute approximate surface area is 76.1 Å². The summed E-state index contributed by atoms with van der Waals surface area (Å²) in [5.74, 6) is 0. The molecule has 13 heavy (non-hydrogen) atoms. The molecule has 0 spiro atoms. The van der Waals surface area contributed by atoms with Crippen LogP contribution in [0.3, 0.4) is 0 Å². The zero-order chi connectivity index (χ0) is 9.26. The van der Waals surface area contributed by atoms with E-state index in [9.17, 15) is 0 Å². The fourth-order valence-corrected chi connectivity index (χ4v) is 1.30. The molecule has 1 aromatic heterocycles. The lowest BCUT2D eigenvalue weighted by molar-refractivity contribution is 1.40. The molecule has 2 heteroatoms. The van der Waals surface area contributed by atoms with Crippen LogP contribution in [0.2, 0.25) is 0 Å². The number of aromatic nitrogens is 1. The highest BCUT2D eigenvalue weighted by atomic mass is 14.7. The summed E-state index contributed by atoms with van der Waals surface area (Å²) in [5, 5.41) is 9.75. The second-order valence-electron chi connectivity index (χ2n) is 2.86. The van der Waals surface area contributed by atoms with Crippen molar-refractivity contribution in [1.29, 1.82) is 5.26 Å². The molecule has 62 valence electrons. The number of hydrogen-bond donors (Lipinski definition) is 1. The minimum atomic E-state index is 0.469. The van der Waals surface area contributed by atoms with Gasteiger partial charge in [-0.2, -0.15) is 5.26 Å². The molecule has 0 aliphatic heterocycles. The average molecular weight is 168 g/mol. The van der Waals surface area contributed by atoms with Crippen molar-refractivity contribution in [3.8, 4) is 6.07 Å². The van der Waals surface area contributed by atoms with Crippen molar-refractivity contribution in [2.45, 2.75) is 0 Å². The van der Waals surface area contributed by atoms with E-state index in [-0.39, 0.29) is 0 Å². The van der Waals surface area contributed by atoms with Crippen molar-refractivity contribution in [3.05, 3.63) is 42.6 Å². The number of hydrogen-bond acceptors (Lipinski definition) is 1. The van der Waals surface area contributed by atoms with E-state index in [0.717, 1.165) is 16.6 Å². The second-order valence-corrected chi connectivity index (χ2v) is 2.86. The number of H-pyrrole nitrogens is 1. The van der Waals surface area contributed by atoms with Crippen LogP contribution in [0.1, 0.15) is 5.69 Å². The Hall–Kier alpha value is -2.01. The number of aromatic amines is 1. The Balaban J connectivity index is 2.64. The normalized spacial score (nSPS) is 9.77. The average Bonchev–Trinajstić information content (AvgIpc) is 2.59. The smallest absolute Gasteiger partial charge is 0.101 e. The monoisotopic (exact) mass is 168 g/mol. The largest absolute Gasteiger partial charge is 0.354 e. The van der Waals surface area contributed by atoms with Crippen LogP contribution in [0.4, 0.5) is 0 Å². The summed E-state index contributed by atoms with van der Waals surface area (Å²) < 4.78 is 0. The van der Waals surface area contributed by atoms with E-state index in [2.05, 4.69) is 11.6 Å². The maximum absolute atomic E-state index is 8.64. The van der Waals surface area contributed by atoms with Crippen LogP contribution in [0, 0.1) is 11.3 Å². The van der Waals surface area contributed by atoms with E-state index >= 15 is 0 Å². The summed E-state index contributed by atoms with van der Waals surface area (Å²) >= 11 is 0. The van der Waals surface area contributed by atoms with E-state index in [4.69, 9.17) is 5.26 Å². The van der Waals surface area contributed by atoms with Gasteiger partial charge in [-0.05, 0) is 12.1 Å². The number of benzene rings is 1. The third kappa shape index (κ3) is 1.21. The van der Waals surface area contributed by atoms with E-state index in [1.165, 1.54) is 0 Å². The zero-order valence-electron chi connectivity index (χ0n) is 7.04. The van der Waals surface area contributed by atoms with Gasteiger partial charge in [-0.25, -0.2) is 0 Å². The molecule has 1 heterocycles. The van der Waals surface area contributed by atoms with Gasteiger partial charge in [0.05, 0.1) is 11.3 Å². The minimum Gasteiger partial charge on any atom is -0.354 e. The van der Waals surface area contributed by atoms with E-state index in [0.29, 0.717) is 5.57 Å². The highest BCUT2D eigenvalue weighted by Crippen LogP contribution is 2.18. The molecule has 2 aromatic rings. The molecule has 0 saturated heterocycles. The SMILES string of the molecule is C=C(C#N)c1cc2ccccc2[nH]1. The summed E-state index contributed by atoms with van der Waals surface area (Å²) in [6.45, 7) is 3.65. The highest BCUT2D eigenvalue weighted by Gasteiger charge is 2.01. The first kappa shape index (κ1) is 7.63. The Morgan fingerprint density at radius 3 is 2.85 bits per heavy atom. The van der Waals surface area contributed by atoms with Crippen LogP contribution < -0.4 is 0 Å². The summed E-state index contributed by atoms with van der Waals surface area (Å²) in [6.07, 6.45) is 0. The van der Waals surface area contributed by atoms with Crippen LogP contribution in [-0.2, 0) is 0 Å². The predicted molar refractivity (Wildman–Crippen MR) is 52.9 cm³/mol. The van der Waals surface area contributed by atoms with Gasteiger partial charge < -0.3 is 4.98 Å². The summed E-state index contributed by atoms with van der Waals surface area (Å²) in [4.78, 5) is 3.12. The van der Waals surface area contributed by atoms with Crippen molar-refractivity contribution >= 4 is 16.5 Å². The van der Waals surface area contributed by atoms with Gasteiger partial charge in [0.15, 0.2) is 0 Å². The minimum absolute atomic E-state index is 0.469. The van der Waals surface area contributed by atoms with Gasteiger partial charge in [-0.1, -0.05) is 24.8 Å². The van der Waals surface area contributed by atoms with Crippen molar-refractivity contribution in [1.82, 2.24) is 4.98 Å². The molecular formula is C11H8N2. The third-order valence-electron chi connectivity index (χ3n) is 1.99. The second kappa shape index (κ2) is 2.80. The van der Waals surface area contributed by atoms with Gasteiger partial charge in [0.2, 0.25) is 0 Å². The van der Waals surface area contributed by atoms with Crippen molar-refractivity contribution in [2.75, 3.05) is 0 Å². The lowest BCUT2D eigenvalue weighted by Crippen LogP contribution is -1.76. The number of fused-ring (bicyclic) bond motifs is 1. The maximum atomic E-state index is 8.64. The van der Waals surface area contributed by atoms with Gasteiger partial charge in [-0.15, -0.1) is 0 Å². The lowest BCUT2D eigenvalue weighted by Gasteiger charge is -1.87. The van der Waals surface area contributed by atoms with Crippen LogP contribution >= 0.6 is 0 Å². The Morgan fingerprint density at radius 1 is 1.38 bits per heavy atom. The molecule has 0 radical (unpaired) electrons.